The number of likely N-dealkylation sites (tertiary alicyclic amines) is 1. The molecular formula is C21H22F3N5O3. The Morgan fingerprint density at radius 2 is 1.72 bits per heavy atom. The van der Waals surface area contributed by atoms with Crippen molar-refractivity contribution in [2.45, 2.75) is 6.42 Å². The summed E-state index contributed by atoms with van der Waals surface area (Å²) in [6, 6.07) is 1.62. The molecule has 4 rings (SSSR count). The predicted octanol–water partition coefficient (Wildman–Crippen LogP) is 1.01. The average molecular weight is 449 g/mol. The Kier molecular flexibility index (Phi) is 5.90. The number of amides is 3. The Hall–Kier alpha value is -3.37. The lowest BCUT2D eigenvalue weighted by atomic mass is 9.85. The topological polar surface area (TPSA) is 103 Å². The van der Waals surface area contributed by atoms with E-state index in [0.717, 1.165) is 12.5 Å². The summed E-state index contributed by atoms with van der Waals surface area (Å²) in [5, 5.41) is 7.72. The van der Waals surface area contributed by atoms with Crippen molar-refractivity contribution in [3.63, 3.8) is 0 Å². The number of hydrogen-bond acceptors (Lipinski definition) is 4. The summed E-state index contributed by atoms with van der Waals surface area (Å²) in [5.41, 5.74) is -0.487. The van der Waals surface area contributed by atoms with Crippen LogP contribution in [0, 0.1) is 41.1 Å². The van der Waals surface area contributed by atoms with Crippen LogP contribution in [0.25, 0.3) is 0 Å². The van der Waals surface area contributed by atoms with Crippen molar-refractivity contribution in [1.82, 2.24) is 15.5 Å². The van der Waals surface area contributed by atoms with E-state index in [4.69, 9.17) is 0 Å². The number of guanidine groups is 1. The number of carbonyl (C=O) groups is 3. The van der Waals surface area contributed by atoms with E-state index < -0.39 is 29.0 Å². The number of allylic oxidation sites excluding steroid dienone is 2. The number of imide groups is 1. The number of nitrogens with one attached hydrogen (secondary N) is 3. The molecule has 1 aromatic carbocycles. The molecule has 3 amide bonds. The van der Waals surface area contributed by atoms with Gasteiger partial charge in [-0.05, 0) is 30.4 Å². The fourth-order valence-corrected chi connectivity index (χ4v) is 4.67. The number of benzene rings is 1. The van der Waals surface area contributed by atoms with Crippen LogP contribution in [0.5, 0.6) is 0 Å². The molecule has 4 atom stereocenters. The van der Waals surface area contributed by atoms with Crippen LogP contribution in [0.1, 0.15) is 6.42 Å². The van der Waals surface area contributed by atoms with Crippen LogP contribution in [0.4, 0.5) is 18.9 Å². The van der Waals surface area contributed by atoms with E-state index in [0.29, 0.717) is 6.07 Å². The molecule has 0 radical (unpaired) electrons. The molecule has 0 aromatic heterocycles. The van der Waals surface area contributed by atoms with E-state index in [2.05, 4.69) is 20.9 Å². The maximum Gasteiger partial charge on any atom is 0.243 e. The van der Waals surface area contributed by atoms with Gasteiger partial charge in [0.05, 0.1) is 24.1 Å². The van der Waals surface area contributed by atoms with Gasteiger partial charge in [-0.15, -0.1) is 0 Å². The van der Waals surface area contributed by atoms with Gasteiger partial charge in [0.15, 0.2) is 23.4 Å². The quantitative estimate of drug-likeness (QED) is 0.198. The minimum Gasteiger partial charge on any atom is -0.355 e. The standard InChI is InChI=1S/C21H22F3N5O3/c1-25-21(27-9-14(30)28-13-5-4-12(22)17(23)18(13)24)26-6-7-29-19(31)15-10-2-3-11(8-10)16(15)20(29)32/h2-5,10-11,15-16H,6-9H2,1H3,(H,28,30)(H2,25,26,27). The minimum atomic E-state index is -1.67. The first-order valence-corrected chi connectivity index (χ1v) is 10.2. The first-order valence-electron chi connectivity index (χ1n) is 10.2. The molecule has 2 bridgehead atoms. The lowest BCUT2D eigenvalue weighted by Crippen LogP contribution is -2.45. The molecule has 1 saturated heterocycles. The molecule has 3 aliphatic rings. The number of halogens is 3. The Labute approximate surface area is 181 Å². The summed E-state index contributed by atoms with van der Waals surface area (Å²) >= 11 is 0. The number of aliphatic imine (C=N–C) groups is 1. The second-order valence-electron chi connectivity index (χ2n) is 7.95. The summed E-state index contributed by atoms with van der Waals surface area (Å²) in [4.78, 5) is 42.5. The maximum atomic E-state index is 13.7. The van der Waals surface area contributed by atoms with E-state index in [1.807, 2.05) is 12.2 Å². The van der Waals surface area contributed by atoms with Gasteiger partial charge in [0.2, 0.25) is 17.7 Å². The number of hydrogen-bond donors (Lipinski definition) is 3. The second kappa shape index (κ2) is 8.64. The number of rotatable bonds is 6. The molecule has 8 nitrogen and oxygen atoms in total. The summed E-state index contributed by atoms with van der Waals surface area (Å²) in [7, 11) is 1.46. The van der Waals surface area contributed by atoms with Crippen molar-refractivity contribution in [1.29, 1.82) is 0 Å². The fraction of sp³-hybridized carbons (Fsp3) is 0.429. The summed E-state index contributed by atoms with van der Waals surface area (Å²) in [6.07, 6.45) is 4.93. The van der Waals surface area contributed by atoms with Gasteiger partial charge < -0.3 is 16.0 Å². The smallest absolute Gasteiger partial charge is 0.243 e. The van der Waals surface area contributed by atoms with Gasteiger partial charge >= 0.3 is 0 Å². The molecule has 2 fully saturated rings. The van der Waals surface area contributed by atoms with Gasteiger partial charge in [0.1, 0.15) is 0 Å². The first-order chi connectivity index (χ1) is 15.3. The van der Waals surface area contributed by atoms with E-state index in [-0.39, 0.29) is 61.1 Å². The molecule has 2 aliphatic carbocycles. The zero-order chi connectivity index (χ0) is 23.0. The van der Waals surface area contributed by atoms with Crippen molar-refractivity contribution in [3.8, 4) is 0 Å². The Balaban J connectivity index is 1.24. The minimum absolute atomic E-state index is 0.144. The summed E-state index contributed by atoms with van der Waals surface area (Å²) < 4.78 is 39.9. The molecule has 32 heavy (non-hydrogen) atoms. The SMILES string of the molecule is CN=C(NCCN1C(=O)C2C3C=CC(C3)C2C1=O)NCC(=O)Nc1ccc(F)c(F)c1F. The lowest BCUT2D eigenvalue weighted by molar-refractivity contribution is -0.140. The van der Waals surface area contributed by atoms with Crippen molar-refractivity contribution >= 4 is 29.4 Å². The zero-order valence-corrected chi connectivity index (χ0v) is 17.2. The predicted molar refractivity (Wildman–Crippen MR) is 109 cm³/mol. The first kappa shape index (κ1) is 21.8. The van der Waals surface area contributed by atoms with Crippen LogP contribution in [0.15, 0.2) is 29.3 Å². The molecule has 1 saturated carbocycles. The van der Waals surface area contributed by atoms with Gasteiger partial charge in [-0.2, -0.15) is 0 Å². The maximum absolute atomic E-state index is 13.7. The molecule has 3 N–H and O–H groups in total. The molecule has 4 unspecified atom stereocenters. The fourth-order valence-electron chi connectivity index (χ4n) is 4.67. The van der Waals surface area contributed by atoms with Gasteiger partial charge in [-0.3, -0.25) is 24.3 Å². The molecule has 170 valence electrons. The van der Waals surface area contributed by atoms with Crippen molar-refractivity contribution < 1.29 is 27.6 Å². The highest BCUT2D eigenvalue weighted by Crippen LogP contribution is 2.52. The largest absolute Gasteiger partial charge is 0.355 e. The molecule has 11 heteroatoms. The van der Waals surface area contributed by atoms with Crippen LogP contribution in [-0.2, 0) is 14.4 Å². The highest BCUT2D eigenvalue weighted by atomic mass is 19.2. The molecule has 1 aromatic rings. The van der Waals surface area contributed by atoms with Gasteiger partial charge in [-0.25, -0.2) is 13.2 Å². The Morgan fingerprint density at radius 1 is 1.06 bits per heavy atom. The van der Waals surface area contributed by atoms with E-state index in [1.165, 1.54) is 11.9 Å². The van der Waals surface area contributed by atoms with Crippen LogP contribution in [0.3, 0.4) is 0 Å². The summed E-state index contributed by atoms with van der Waals surface area (Å²) in [6.45, 7) is 0.0503. The molecular weight excluding hydrogens is 427 g/mol. The Morgan fingerprint density at radius 3 is 2.34 bits per heavy atom. The Bertz CT molecular complexity index is 998. The highest BCUT2D eigenvalue weighted by molar-refractivity contribution is 6.06. The monoisotopic (exact) mass is 449 g/mol. The van der Waals surface area contributed by atoms with Crippen molar-refractivity contribution in [3.05, 3.63) is 41.7 Å². The van der Waals surface area contributed by atoms with E-state index in [9.17, 15) is 27.6 Å². The van der Waals surface area contributed by atoms with Crippen LogP contribution in [-0.4, -0.2) is 55.3 Å². The number of anilines is 1. The van der Waals surface area contributed by atoms with Crippen molar-refractivity contribution in [2.75, 3.05) is 32.0 Å². The van der Waals surface area contributed by atoms with E-state index >= 15 is 0 Å². The average Bonchev–Trinajstić information content (AvgIpc) is 3.46. The zero-order valence-electron chi connectivity index (χ0n) is 17.2. The van der Waals surface area contributed by atoms with Crippen LogP contribution >= 0.6 is 0 Å². The third-order valence-electron chi connectivity index (χ3n) is 6.14. The van der Waals surface area contributed by atoms with Gasteiger partial charge in [0, 0.05) is 20.1 Å². The lowest BCUT2D eigenvalue weighted by Gasteiger charge is -2.18. The highest BCUT2D eigenvalue weighted by Gasteiger charge is 2.58. The van der Waals surface area contributed by atoms with Crippen molar-refractivity contribution in [2.24, 2.45) is 28.7 Å². The van der Waals surface area contributed by atoms with Crippen LogP contribution < -0.4 is 16.0 Å². The second-order valence-corrected chi connectivity index (χ2v) is 7.95. The van der Waals surface area contributed by atoms with E-state index in [1.54, 1.807) is 0 Å². The molecule has 0 spiro atoms. The number of fused-ring (bicyclic) bond motifs is 5. The summed E-state index contributed by atoms with van der Waals surface area (Å²) in [5.74, 6) is -5.52. The van der Waals surface area contributed by atoms with Gasteiger partial charge in [0.25, 0.3) is 0 Å². The van der Waals surface area contributed by atoms with Gasteiger partial charge in [-0.1, -0.05) is 12.2 Å². The number of nitrogens with zero attached hydrogens (tertiary/aromatic N) is 2. The molecule has 1 aliphatic heterocycles. The van der Waals surface area contributed by atoms with Crippen LogP contribution in [0.2, 0.25) is 0 Å². The number of carbonyl (C=O) groups excluding carboxylic acids is 3. The third kappa shape index (κ3) is 3.82. The normalized spacial score (nSPS) is 26.0. The third-order valence-corrected chi connectivity index (χ3v) is 6.14. The molecule has 1 heterocycles.